The van der Waals surface area contributed by atoms with Crippen LogP contribution in [0.5, 0.6) is 0 Å². The van der Waals surface area contributed by atoms with Gasteiger partial charge in [-0.25, -0.2) is 0 Å². The molecule has 2 rings (SSSR count). The van der Waals surface area contributed by atoms with Gasteiger partial charge in [-0.2, -0.15) is 25.3 Å². The van der Waals surface area contributed by atoms with E-state index in [0.717, 1.165) is 12.1 Å². The lowest BCUT2D eigenvalue weighted by atomic mass is 10.1. The molecule has 3 N–H and O–H groups in total. The summed E-state index contributed by atoms with van der Waals surface area (Å²) in [5.74, 6) is 0. The molecule has 0 saturated carbocycles. The van der Waals surface area contributed by atoms with E-state index >= 15 is 0 Å². The van der Waals surface area contributed by atoms with Gasteiger partial charge in [-0.15, -0.1) is 0 Å². The molecule has 2 aromatic carbocycles. The van der Waals surface area contributed by atoms with Gasteiger partial charge in [0.05, 0.1) is 4.90 Å². The van der Waals surface area contributed by atoms with Crippen molar-refractivity contribution in [2.45, 2.75) is 14.7 Å². The number of rotatable bonds is 3. The molecule has 2 aromatic rings. The number of benzene rings is 2. The van der Waals surface area contributed by atoms with Crippen LogP contribution in [0.15, 0.2) is 39.0 Å². The molecule has 0 aliphatic carbocycles. The van der Waals surface area contributed by atoms with Crippen molar-refractivity contribution in [1.29, 1.82) is 0 Å². The highest BCUT2D eigenvalue weighted by molar-refractivity contribution is 7.87. The first-order chi connectivity index (χ1) is 10.2. The van der Waals surface area contributed by atoms with E-state index in [1.807, 2.05) is 0 Å². The van der Waals surface area contributed by atoms with Crippen LogP contribution < -0.4 is 0 Å². The van der Waals surface area contributed by atoms with Crippen molar-refractivity contribution in [2.75, 3.05) is 0 Å². The van der Waals surface area contributed by atoms with Crippen molar-refractivity contribution < 1.29 is 38.9 Å². The molecule has 0 aliphatic rings. The van der Waals surface area contributed by atoms with Crippen molar-refractivity contribution in [3.8, 4) is 0 Å². The van der Waals surface area contributed by atoms with Gasteiger partial charge in [-0.05, 0) is 24.3 Å². The van der Waals surface area contributed by atoms with Crippen LogP contribution in [0.4, 0.5) is 0 Å². The maximum absolute atomic E-state index is 11.4. The lowest BCUT2D eigenvalue weighted by Gasteiger charge is -2.11. The van der Waals surface area contributed by atoms with Crippen LogP contribution >= 0.6 is 11.6 Å². The fraction of sp³-hybridized carbons (Fsp3) is 0. The second kappa shape index (κ2) is 5.37. The third kappa shape index (κ3) is 3.47. The van der Waals surface area contributed by atoms with Crippen molar-refractivity contribution >= 4 is 52.7 Å². The molecule has 0 radical (unpaired) electrons. The van der Waals surface area contributed by atoms with Gasteiger partial charge >= 0.3 is 0 Å². The molecule has 23 heavy (non-hydrogen) atoms. The first kappa shape index (κ1) is 18.1. The molecule has 126 valence electrons. The maximum Gasteiger partial charge on any atom is 0.295 e. The summed E-state index contributed by atoms with van der Waals surface area (Å²) in [7, 11) is -14.9. The molecule has 0 fully saturated rings. The Balaban J connectivity index is 3.25. The first-order valence-corrected chi connectivity index (χ1v) is 10.1. The van der Waals surface area contributed by atoms with E-state index in [0.29, 0.717) is 12.1 Å². The Bertz CT molecular complexity index is 1130. The normalized spacial score (nSPS) is 13.4. The molecular weight excluding hydrogens is 396 g/mol. The summed E-state index contributed by atoms with van der Waals surface area (Å²) in [5, 5.41) is -1.47. The molecule has 0 spiro atoms. The summed E-state index contributed by atoms with van der Waals surface area (Å²) in [4.78, 5) is -2.91. The van der Waals surface area contributed by atoms with Gasteiger partial charge in [0.1, 0.15) is 9.79 Å². The smallest absolute Gasteiger partial charge is 0.282 e. The number of hydrogen-bond acceptors (Lipinski definition) is 6. The van der Waals surface area contributed by atoms with Gasteiger partial charge < -0.3 is 0 Å². The third-order valence-electron chi connectivity index (χ3n) is 2.81. The van der Waals surface area contributed by atoms with E-state index < -0.39 is 55.8 Å². The van der Waals surface area contributed by atoms with Gasteiger partial charge in [0.15, 0.2) is 0 Å². The van der Waals surface area contributed by atoms with Gasteiger partial charge in [0.2, 0.25) is 0 Å². The standard InChI is InChI=1S/C10H7ClO9S3/c11-7-1-2-8(22(15,16)17)6-3-5(21(12,13)14)4-9(10(6)7)23(18,19)20/h1-4H,(H,12,13,14)(H,15,16,17)(H,18,19,20). The van der Waals surface area contributed by atoms with Crippen LogP contribution in [0.2, 0.25) is 5.02 Å². The minimum atomic E-state index is -5.03. The summed E-state index contributed by atoms with van der Waals surface area (Å²) in [6, 6.07) is 2.76. The van der Waals surface area contributed by atoms with Crippen LogP contribution in [0.3, 0.4) is 0 Å². The third-order valence-corrected chi connectivity index (χ3v) is 5.75. The quantitative estimate of drug-likeness (QED) is 0.640. The minimum absolute atomic E-state index is 0.332. The minimum Gasteiger partial charge on any atom is -0.282 e. The monoisotopic (exact) mass is 402 g/mol. The van der Waals surface area contributed by atoms with Gasteiger partial charge in [0.25, 0.3) is 30.4 Å². The lowest BCUT2D eigenvalue weighted by molar-refractivity contribution is 0.478. The topological polar surface area (TPSA) is 163 Å². The summed E-state index contributed by atoms with van der Waals surface area (Å²) in [6.45, 7) is 0. The molecule has 0 atom stereocenters. The number of halogens is 1. The molecule has 0 bridgehead atoms. The Labute approximate surface area is 135 Å². The van der Waals surface area contributed by atoms with Crippen LogP contribution in [-0.4, -0.2) is 38.9 Å². The summed E-state index contributed by atoms with van der Waals surface area (Å²) >= 11 is 5.79. The maximum atomic E-state index is 11.4. The van der Waals surface area contributed by atoms with Crippen LogP contribution in [0.1, 0.15) is 0 Å². The Morgan fingerprint density at radius 3 is 1.70 bits per heavy atom. The highest BCUT2D eigenvalue weighted by Gasteiger charge is 2.25. The Kier molecular flexibility index (Phi) is 4.22. The number of fused-ring (bicyclic) bond motifs is 1. The SMILES string of the molecule is O=S(=O)(O)c1cc(S(=O)(=O)O)c2c(Cl)ccc(S(=O)(=O)O)c2c1. The van der Waals surface area contributed by atoms with E-state index in [4.69, 9.17) is 16.2 Å². The highest BCUT2D eigenvalue weighted by atomic mass is 35.5. The fourth-order valence-electron chi connectivity index (χ4n) is 1.93. The molecular formula is C10H7ClO9S3. The van der Waals surface area contributed by atoms with Crippen molar-refractivity contribution in [3.05, 3.63) is 29.3 Å². The van der Waals surface area contributed by atoms with Crippen molar-refractivity contribution in [3.63, 3.8) is 0 Å². The zero-order valence-corrected chi connectivity index (χ0v) is 13.9. The predicted molar refractivity (Wildman–Crippen MR) is 78.4 cm³/mol. The molecule has 9 nitrogen and oxygen atoms in total. The molecule has 13 heteroatoms. The van der Waals surface area contributed by atoms with E-state index in [-0.39, 0.29) is 5.02 Å². The second-order valence-electron chi connectivity index (χ2n) is 4.31. The van der Waals surface area contributed by atoms with E-state index in [1.165, 1.54) is 0 Å². The average Bonchev–Trinajstić information content (AvgIpc) is 2.34. The van der Waals surface area contributed by atoms with E-state index in [1.54, 1.807) is 0 Å². The van der Waals surface area contributed by atoms with Gasteiger partial charge in [-0.1, -0.05) is 11.6 Å². The average molecular weight is 403 g/mol. The van der Waals surface area contributed by atoms with Crippen molar-refractivity contribution in [2.24, 2.45) is 0 Å². The van der Waals surface area contributed by atoms with E-state index in [9.17, 15) is 34.4 Å². The first-order valence-electron chi connectivity index (χ1n) is 5.41. The Morgan fingerprint density at radius 1 is 0.739 bits per heavy atom. The molecule has 0 aromatic heterocycles. The zero-order chi connectivity index (χ0) is 17.8. The summed E-state index contributed by atoms with van der Waals surface area (Å²) in [6.07, 6.45) is 0. The van der Waals surface area contributed by atoms with Crippen LogP contribution in [0.25, 0.3) is 10.8 Å². The highest BCUT2D eigenvalue weighted by Crippen LogP contribution is 2.36. The fourth-order valence-corrected chi connectivity index (χ4v) is 4.29. The molecule has 0 heterocycles. The predicted octanol–water partition coefficient (Wildman–Crippen LogP) is 1.23. The van der Waals surface area contributed by atoms with Crippen LogP contribution in [-0.2, 0) is 30.4 Å². The lowest BCUT2D eigenvalue weighted by Crippen LogP contribution is -2.07. The van der Waals surface area contributed by atoms with E-state index in [2.05, 4.69) is 0 Å². The summed E-state index contributed by atoms with van der Waals surface area (Å²) < 4.78 is 95.5. The largest absolute Gasteiger partial charge is 0.295 e. The zero-order valence-electron chi connectivity index (χ0n) is 10.7. The van der Waals surface area contributed by atoms with Crippen molar-refractivity contribution in [1.82, 2.24) is 0 Å². The molecule has 0 unspecified atom stereocenters. The van der Waals surface area contributed by atoms with Crippen LogP contribution in [0, 0.1) is 0 Å². The Morgan fingerprint density at radius 2 is 1.26 bits per heavy atom. The molecule has 0 aliphatic heterocycles. The second-order valence-corrected chi connectivity index (χ2v) is 8.92. The summed E-state index contributed by atoms with van der Waals surface area (Å²) in [5.41, 5.74) is 0. The van der Waals surface area contributed by atoms with Gasteiger partial charge in [0, 0.05) is 15.8 Å². The van der Waals surface area contributed by atoms with Gasteiger partial charge in [-0.3, -0.25) is 13.7 Å². The molecule has 0 amide bonds. The Hall–Kier alpha value is -1.28. The number of hydrogen-bond donors (Lipinski definition) is 3. The molecule has 0 saturated heterocycles.